The number of aromatic nitrogens is 1. The lowest BCUT2D eigenvalue weighted by atomic mass is 9.91. The Hall–Kier alpha value is -1.17. The van der Waals surface area contributed by atoms with E-state index in [1.807, 2.05) is 35.8 Å². The summed E-state index contributed by atoms with van der Waals surface area (Å²) in [6.45, 7) is 6.81. The standard InChI is InChI=1S/C20H30N2O2S/c1-3-4-7-16-10-12-21(13-11-16)19(23)15(2)14-22-17-8-5-6-9-18(17)25-20(22)24/h5-6,8-9,15-16,19,23H,3-4,7,10-14H2,1-2H3/t15?,19-/m1/s1. The van der Waals surface area contributed by atoms with Gasteiger partial charge in [0.1, 0.15) is 6.23 Å². The minimum atomic E-state index is -0.474. The Morgan fingerprint density at radius 2 is 2.00 bits per heavy atom. The number of para-hydroxylation sites is 1. The van der Waals surface area contributed by atoms with E-state index in [-0.39, 0.29) is 10.8 Å². The first kappa shape index (κ1) is 18.6. The monoisotopic (exact) mass is 362 g/mol. The lowest BCUT2D eigenvalue weighted by molar-refractivity contribution is -0.0553. The summed E-state index contributed by atoms with van der Waals surface area (Å²) in [6.07, 6.45) is 5.81. The number of rotatable bonds is 7. The molecule has 1 aromatic carbocycles. The molecule has 0 radical (unpaired) electrons. The van der Waals surface area contributed by atoms with E-state index < -0.39 is 6.23 Å². The summed E-state index contributed by atoms with van der Waals surface area (Å²) in [5, 5.41) is 10.8. The van der Waals surface area contributed by atoms with Gasteiger partial charge in [0.25, 0.3) is 0 Å². The van der Waals surface area contributed by atoms with E-state index in [0.29, 0.717) is 6.54 Å². The van der Waals surface area contributed by atoms with Crippen LogP contribution in [0.25, 0.3) is 10.2 Å². The topological polar surface area (TPSA) is 45.5 Å². The summed E-state index contributed by atoms with van der Waals surface area (Å²) in [6, 6.07) is 7.91. The lowest BCUT2D eigenvalue weighted by Crippen LogP contribution is -2.45. The zero-order chi connectivity index (χ0) is 17.8. The molecular formula is C20H30N2O2S. The molecule has 3 rings (SSSR count). The van der Waals surface area contributed by atoms with Gasteiger partial charge < -0.3 is 5.11 Å². The summed E-state index contributed by atoms with van der Waals surface area (Å²) in [5.41, 5.74) is 0.981. The molecule has 0 spiro atoms. The number of nitrogens with zero attached hydrogens (tertiary/aromatic N) is 2. The number of aliphatic hydroxyl groups excluding tert-OH is 1. The molecule has 138 valence electrons. The summed E-state index contributed by atoms with van der Waals surface area (Å²) >= 11 is 1.29. The smallest absolute Gasteiger partial charge is 0.308 e. The lowest BCUT2D eigenvalue weighted by Gasteiger charge is -2.37. The van der Waals surface area contributed by atoms with Crippen LogP contribution in [0.5, 0.6) is 0 Å². The molecule has 1 aromatic heterocycles. The van der Waals surface area contributed by atoms with Crippen LogP contribution in [0.2, 0.25) is 0 Å². The first-order valence-electron chi connectivity index (χ1n) is 9.60. The average Bonchev–Trinajstić information content (AvgIpc) is 2.95. The number of fused-ring (bicyclic) bond motifs is 1. The number of unbranched alkanes of at least 4 members (excludes halogenated alkanes) is 1. The largest absolute Gasteiger partial charge is 0.378 e. The molecule has 1 aliphatic heterocycles. The van der Waals surface area contributed by atoms with E-state index in [2.05, 4.69) is 11.8 Å². The molecule has 0 amide bonds. The van der Waals surface area contributed by atoms with Gasteiger partial charge in [0.2, 0.25) is 0 Å². The van der Waals surface area contributed by atoms with Crippen LogP contribution in [-0.2, 0) is 6.54 Å². The summed E-state index contributed by atoms with van der Waals surface area (Å²) in [4.78, 5) is 14.6. The van der Waals surface area contributed by atoms with Gasteiger partial charge >= 0.3 is 4.87 Å². The maximum Gasteiger partial charge on any atom is 0.308 e. The molecule has 1 unspecified atom stereocenters. The van der Waals surface area contributed by atoms with Crippen molar-refractivity contribution >= 4 is 21.6 Å². The van der Waals surface area contributed by atoms with E-state index in [0.717, 1.165) is 29.2 Å². The van der Waals surface area contributed by atoms with E-state index in [4.69, 9.17) is 0 Å². The van der Waals surface area contributed by atoms with E-state index in [1.54, 1.807) is 0 Å². The third-order valence-corrected chi connectivity index (χ3v) is 6.50. The minimum absolute atomic E-state index is 0.0305. The second-order valence-corrected chi connectivity index (χ2v) is 8.45. The van der Waals surface area contributed by atoms with Gasteiger partial charge in [-0.15, -0.1) is 0 Å². The minimum Gasteiger partial charge on any atom is -0.378 e. The van der Waals surface area contributed by atoms with Crippen molar-refractivity contribution in [2.45, 2.75) is 58.7 Å². The molecule has 1 N–H and O–H groups in total. The quantitative estimate of drug-likeness (QED) is 0.812. The molecule has 0 bridgehead atoms. The fraction of sp³-hybridized carbons (Fsp3) is 0.650. The molecular weight excluding hydrogens is 332 g/mol. The molecule has 2 atom stereocenters. The first-order valence-corrected chi connectivity index (χ1v) is 10.4. The second kappa shape index (κ2) is 8.47. The zero-order valence-corrected chi connectivity index (χ0v) is 16.2. The highest BCUT2D eigenvalue weighted by molar-refractivity contribution is 7.16. The number of hydrogen-bond donors (Lipinski definition) is 1. The Bertz CT molecular complexity index is 731. The normalized spacial score (nSPS) is 19.3. The highest BCUT2D eigenvalue weighted by atomic mass is 32.1. The van der Waals surface area contributed by atoms with Crippen molar-refractivity contribution < 1.29 is 5.11 Å². The number of piperidine rings is 1. The Labute approximate surface area is 154 Å². The van der Waals surface area contributed by atoms with Crippen LogP contribution >= 0.6 is 11.3 Å². The third-order valence-electron chi connectivity index (χ3n) is 5.54. The van der Waals surface area contributed by atoms with Crippen LogP contribution in [0.3, 0.4) is 0 Å². The Kier molecular flexibility index (Phi) is 6.31. The SMILES string of the molecule is CCCCC1CCN([C@H](O)C(C)Cn2c(=O)sc3ccccc32)CC1. The summed E-state index contributed by atoms with van der Waals surface area (Å²) < 4.78 is 2.84. The van der Waals surface area contributed by atoms with Gasteiger partial charge in [0.05, 0.1) is 10.2 Å². The predicted octanol–water partition coefficient (Wildman–Crippen LogP) is 3.92. The molecule has 2 aromatic rings. The maximum absolute atomic E-state index is 12.3. The average molecular weight is 363 g/mol. The van der Waals surface area contributed by atoms with Gasteiger partial charge in [-0.1, -0.05) is 56.6 Å². The van der Waals surface area contributed by atoms with Crippen LogP contribution in [-0.4, -0.2) is 33.9 Å². The number of hydrogen-bond acceptors (Lipinski definition) is 4. The molecule has 25 heavy (non-hydrogen) atoms. The van der Waals surface area contributed by atoms with Crippen LogP contribution in [0.15, 0.2) is 29.1 Å². The molecule has 2 heterocycles. The van der Waals surface area contributed by atoms with E-state index in [9.17, 15) is 9.90 Å². The Morgan fingerprint density at radius 1 is 1.28 bits per heavy atom. The number of aliphatic hydroxyl groups is 1. The fourth-order valence-electron chi connectivity index (χ4n) is 3.93. The molecule has 0 aliphatic carbocycles. The summed E-state index contributed by atoms with van der Waals surface area (Å²) in [5.74, 6) is 0.852. The second-order valence-electron chi connectivity index (χ2n) is 7.46. The van der Waals surface area contributed by atoms with Crippen molar-refractivity contribution in [3.63, 3.8) is 0 Å². The molecule has 5 heteroatoms. The third kappa shape index (κ3) is 4.33. The Balaban J connectivity index is 1.60. The van der Waals surface area contributed by atoms with Crippen molar-refractivity contribution in [3.8, 4) is 0 Å². The highest BCUT2D eigenvalue weighted by Crippen LogP contribution is 2.26. The highest BCUT2D eigenvalue weighted by Gasteiger charge is 2.27. The molecule has 4 nitrogen and oxygen atoms in total. The van der Waals surface area contributed by atoms with Crippen LogP contribution in [0, 0.1) is 11.8 Å². The van der Waals surface area contributed by atoms with Crippen molar-refractivity contribution in [1.29, 1.82) is 0 Å². The van der Waals surface area contributed by atoms with Gasteiger partial charge in [-0.25, -0.2) is 0 Å². The van der Waals surface area contributed by atoms with Crippen molar-refractivity contribution in [2.24, 2.45) is 11.8 Å². The number of thiazole rings is 1. The predicted molar refractivity (Wildman–Crippen MR) is 105 cm³/mol. The van der Waals surface area contributed by atoms with E-state index >= 15 is 0 Å². The van der Waals surface area contributed by atoms with Crippen molar-refractivity contribution in [3.05, 3.63) is 33.9 Å². The number of benzene rings is 1. The van der Waals surface area contributed by atoms with Gasteiger partial charge in [-0.2, -0.15) is 0 Å². The molecule has 1 saturated heterocycles. The number of likely N-dealkylation sites (tertiary alicyclic amines) is 1. The van der Waals surface area contributed by atoms with Crippen molar-refractivity contribution in [2.75, 3.05) is 13.1 Å². The zero-order valence-electron chi connectivity index (χ0n) is 15.4. The maximum atomic E-state index is 12.3. The van der Waals surface area contributed by atoms with Crippen molar-refractivity contribution in [1.82, 2.24) is 9.47 Å². The molecule has 1 fully saturated rings. The van der Waals surface area contributed by atoms with Crippen LogP contribution < -0.4 is 4.87 Å². The van der Waals surface area contributed by atoms with Gasteiger partial charge in [0, 0.05) is 25.6 Å². The van der Waals surface area contributed by atoms with Crippen LogP contribution in [0.4, 0.5) is 0 Å². The fourth-order valence-corrected chi connectivity index (χ4v) is 4.83. The first-order chi connectivity index (χ1) is 12.1. The van der Waals surface area contributed by atoms with Gasteiger partial charge in [-0.05, 0) is 30.9 Å². The molecule has 1 aliphatic rings. The molecule has 0 saturated carbocycles. The van der Waals surface area contributed by atoms with E-state index in [1.165, 1.54) is 43.4 Å². The van der Waals surface area contributed by atoms with Gasteiger partial charge in [0.15, 0.2) is 0 Å². The Morgan fingerprint density at radius 3 is 2.72 bits per heavy atom. The van der Waals surface area contributed by atoms with Gasteiger partial charge in [-0.3, -0.25) is 14.3 Å². The van der Waals surface area contributed by atoms with Crippen LogP contribution in [0.1, 0.15) is 46.0 Å². The summed E-state index contributed by atoms with van der Waals surface area (Å²) in [7, 11) is 0.